The minimum absolute atomic E-state index is 0.314. The van der Waals surface area contributed by atoms with Gasteiger partial charge in [-0.1, -0.05) is 6.07 Å². The molecule has 0 aliphatic carbocycles. The molecule has 2 aromatic carbocycles. The monoisotopic (exact) mass is 354 g/mol. The smallest absolute Gasteiger partial charge is 0.246 e. The van der Waals surface area contributed by atoms with Gasteiger partial charge in [-0.05, 0) is 42.8 Å². The molecule has 26 heavy (non-hydrogen) atoms. The summed E-state index contributed by atoms with van der Waals surface area (Å²) < 4.78 is 25.9. The molecule has 1 aliphatic rings. The summed E-state index contributed by atoms with van der Waals surface area (Å²) >= 11 is 0. The lowest BCUT2D eigenvalue weighted by Crippen LogP contribution is -2.03. The summed E-state index contributed by atoms with van der Waals surface area (Å²) in [6, 6.07) is 12.1. The third-order valence-corrected chi connectivity index (χ3v) is 4.42. The Morgan fingerprint density at radius 3 is 2.96 bits per heavy atom. The lowest BCUT2D eigenvalue weighted by Gasteiger charge is -2.15. The summed E-state index contributed by atoms with van der Waals surface area (Å²) in [5.41, 5.74) is 2.59. The van der Waals surface area contributed by atoms with Crippen LogP contribution in [0, 0.1) is 5.82 Å². The molecule has 7 heteroatoms. The van der Waals surface area contributed by atoms with Crippen molar-refractivity contribution < 1.29 is 13.9 Å². The summed E-state index contributed by atoms with van der Waals surface area (Å²) in [4.78, 5) is 4.25. The van der Waals surface area contributed by atoms with Gasteiger partial charge in [-0.25, -0.2) is 9.07 Å². The van der Waals surface area contributed by atoms with Gasteiger partial charge in [0.2, 0.25) is 5.95 Å². The van der Waals surface area contributed by atoms with E-state index in [1.54, 1.807) is 25.6 Å². The average Bonchev–Trinajstić information content (AvgIpc) is 3.34. The fourth-order valence-corrected chi connectivity index (χ4v) is 3.10. The summed E-state index contributed by atoms with van der Waals surface area (Å²) in [7, 11) is 1.67. The first-order chi connectivity index (χ1) is 12.7. The average molecular weight is 354 g/mol. The Kier molecular flexibility index (Phi) is 4.53. The summed E-state index contributed by atoms with van der Waals surface area (Å²) in [5.74, 6) is 1.30. The molecule has 0 spiro atoms. The molecule has 0 radical (unpaired) electrons. The number of anilines is 2. The quantitative estimate of drug-likeness (QED) is 0.758. The molecule has 1 fully saturated rings. The zero-order chi connectivity index (χ0) is 17.9. The van der Waals surface area contributed by atoms with Crippen LogP contribution in [-0.4, -0.2) is 35.1 Å². The molecule has 3 aromatic rings. The van der Waals surface area contributed by atoms with Crippen LogP contribution in [0.5, 0.6) is 5.75 Å². The molecule has 1 atom stereocenters. The Bertz CT molecular complexity index is 906. The van der Waals surface area contributed by atoms with E-state index in [-0.39, 0.29) is 5.82 Å². The van der Waals surface area contributed by atoms with Crippen molar-refractivity contribution in [1.29, 1.82) is 0 Å². The van der Waals surface area contributed by atoms with Crippen LogP contribution in [0.1, 0.15) is 17.9 Å². The second-order valence-electron chi connectivity index (χ2n) is 6.13. The first-order valence-electron chi connectivity index (χ1n) is 8.43. The zero-order valence-electron chi connectivity index (χ0n) is 14.4. The number of rotatable bonds is 5. The maximum Gasteiger partial charge on any atom is 0.246 e. The fourth-order valence-electron chi connectivity index (χ4n) is 3.10. The van der Waals surface area contributed by atoms with Crippen molar-refractivity contribution in [1.82, 2.24) is 14.8 Å². The van der Waals surface area contributed by atoms with Crippen LogP contribution in [0.25, 0.3) is 5.69 Å². The van der Waals surface area contributed by atoms with Gasteiger partial charge in [0.15, 0.2) is 0 Å². The van der Waals surface area contributed by atoms with Gasteiger partial charge in [0.05, 0.1) is 19.4 Å². The number of ether oxygens (including phenoxy) is 2. The highest BCUT2D eigenvalue weighted by Gasteiger charge is 2.21. The Labute approximate surface area is 150 Å². The predicted octanol–water partition coefficient (Wildman–Crippen LogP) is 3.66. The van der Waals surface area contributed by atoms with E-state index in [9.17, 15) is 4.39 Å². The number of halogens is 1. The SMILES string of the molecule is COc1ccc(Nc2ncn(-c3cccc(F)c3)n2)cc1C1CCOC1. The van der Waals surface area contributed by atoms with Crippen LogP contribution in [-0.2, 0) is 4.74 Å². The van der Waals surface area contributed by atoms with E-state index in [0.717, 1.165) is 30.0 Å². The van der Waals surface area contributed by atoms with Crippen molar-refractivity contribution in [3.63, 3.8) is 0 Å². The number of nitrogens with one attached hydrogen (secondary N) is 1. The maximum atomic E-state index is 13.4. The largest absolute Gasteiger partial charge is 0.496 e. The van der Waals surface area contributed by atoms with E-state index in [2.05, 4.69) is 15.4 Å². The van der Waals surface area contributed by atoms with E-state index in [1.165, 1.54) is 16.8 Å². The van der Waals surface area contributed by atoms with Gasteiger partial charge in [-0.3, -0.25) is 0 Å². The van der Waals surface area contributed by atoms with Gasteiger partial charge in [0.1, 0.15) is 17.9 Å². The highest BCUT2D eigenvalue weighted by molar-refractivity contribution is 5.58. The normalized spacial score (nSPS) is 16.6. The maximum absolute atomic E-state index is 13.4. The molecule has 0 saturated carbocycles. The Hall–Kier alpha value is -2.93. The van der Waals surface area contributed by atoms with Crippen molar-refractivity contribution in [3.8, 4) is 11.4 Å². The fraction of sp³-hybridized carbons (Fsp3) is 0.263. The summed E-state index contributed by atoms with van der Waals surface area (Å²) in [6.45, 7) is 1.47. The molecule has 0 bridgehead atoms. The minimum atomic E-state index is -0.314. The van der Waals surface area contributed by atoms with Crippen molar-refractivity contribution >= 4 is 11.6 Å². The third kappa shape index (κ3) is 3.39. The van der Waals surface area contributed by atoms with Crippen LogP contribution in [0.3, 0.4) is 0 Å². The molecule has 1 aliphatic heterocycles. The van der Waals surface area contributed by atoms with E-state index >= 15 is 0 Å². The highest BCUT2D eigenvalue weighted by Crippen LogP contribution is 2.34. The first-order valence-corrected chi connectivity index (χ1v) is 8.43. The lowest BCUT2D eigenvalue weighted by molar-refractivity contribution is 0.193. The molecular weight excluding hydrogens is 335 g/mol. The van der Waals surface area contributed by atoms with Gasteiger partial charge in [-0.15, -0.1) is 5.10 Å². The van der Waals surface area contributed by atoms with Crippen LogP contribution in [0.2, 0.25) is 0 Å². The molecule has 2 heterocycles. The molecule has 4 rings (SSSR count). The number of hydrogen-bond donors (Lipinski definition) is 1. The van der Waals surface area contributed by atoms with Gasteiger partial charge in [0.25, 0.3) is 0 Å². The van der Waals surface area contributed by atoms with Gasteiger partial charge < -0.3 is 14.8 Å². The van der Waals surface area contributed by atoms with Crippen molar-refractivity contribution in [2.24, 2.45) is 0 Å². The standard InChI is InChI=1S/C19H19FN4O2/c1-25-18-6-5-15(10-17(18)13-7-8-26-11-13)22-19-21-12-24(23-19)16-4-2-3-14(20)9-16/h2-6,9-10,12-13H,7-8,11H2,1H3,(H,22,23). The third-order valence-electron chi connectivity index (χ3n) is 4.42. The molecule has 1 unspecified atom stereocenters. The number of aromatic nitrogens is 3. The van der Waals surface area contributed by atoms with Gasteiger partial charge >= 0.3 is 0 Å². The van der Waals surface area contributed by atoms with E-state index in [0.29, 0.717) is 24.2 Å². The Morgan fingerprint density at radius 2 is 2.19 bits per heavy atom. The Balaban J connectivity index is 1.57. The topological polar surface area (TPSA) is 61.2 Å². The van der Waals surface area contributed by atoms with E-state index in [4.69, 9.17) is 9.47 Å². The first kappa shape index (κ1) is 16.5. The number of benzene rings is 2. The van der Waals surface area contributed by atoms with Gasteiger partial charge in [-0.2, -0.15) is 4.98 Å². The van der Waals surface area contributed by atoms with Gasteiger partial charge in [0, 0.05) is 23.8 Å². The summed E-state index contributed by atoms with van der Waals surface area (Å²) in [5, 5.41) is 7.55. The molecule has 6 nitrogen and oxygen atoms in total. The molecule has 1 N–H and O–H groups in total. The summed E-state index contributed by atoms with van der Waals surface area (Å²) in [6.07, 6.45) is 2.53. The van der Waals surface area contributed by atoms with Crippen LogP contribution in [0.4, 0.5) is 16.0 Å². The molecule has 0 amide bonds. The lowest BCUT2D eigenvalue weighted by atomic mass is 9.97. The second-order valence-corrected chi connectivity index (χ2v) is 6.13. The highest BCUT2D eigenvalue weighted by atomic mass is 19.1. The Morgan fingerprint density at radius 1 is 1.27 bits per heavy atom. The number of nitrogens with zero attached hydrogens (tertiary/aromatic N) is 3. The van der Waals surface area contributed by atoms with E-state index in [1.807, 2.05) is 18.2 Å². The number of methoxy groups -OCH3 is 1. The van der Waals surface area contributed by atoms with Crippen molar-refractivity contribution in [2.45, 2.75) is 12.3 Å². The minimum Gasteiger partial charge on any atom is -0.496 e. The van der Waals surface area contributed by atoms with Crippen LogP contribution < -0.4 is 10.1 Å². The van der Waals surface area contributed by atoms with Crippen molar-refractivity contribution in [3.05, 3.63) is 60.2 Å². The predicted molar refractivity (Wildman–Crippen MR) is 95.8 cm³/mol. The molecular formula is C19H19FN4O2. The zero-order valence-corrected chi connectivity index (χ0v) is 14.4. The number of hydrogen-bond acceptors (Lipinski definition) is 5. The second kappa shape index (κ2) is 7.13. The molecule has 134 valence electrons. The van der Waals surface area contributed by atoms with Crippen molar-refractivity contribution in [2.75, 3.05) is 25.6 Å². The van der Waals surface area contributed by atoms with Crippen LogP contribution in [0.15, 0.2) is 48.8 Å². The van der Waals surface area contributed by atoms with Crippen LogP contribution >= 0.6 is 0 Å². The molecule has 1 saturated heterocycles. The van der Waals surface area contributed by atoms with E-state index < -0.39 is 0 Å². The molecule has 1 aromatic heterocycles.